The zero-order valence-corrected chi connectivity index (χ0v) is 21.6. The van der Waals surface area contributed by atoms with Crippen LogP contribution < -0.4 is 5.73 Å². The molecular formula is C29H41F3N2O. The summed E-state index contributed by atoms with van der Waals surface area (Å²) in [4.78, 5) is 16.3. The van der Waals surface area contributed by atoms with Gasteiger partial charge in [0.25, 0.3) is 0 Å². The van der Waals surface area contributed by atoms with Crippen LogP contribution in [0.4, 0.5) is 13.2 Å². The standard InChI is InChI=1S/C29H41F3N2O/c1-5-27(25(35)34-14-12-24(33)26(3,4)19-34)16-21-17-28(18-27,22-9-7-6-8-10-22)15-20(2)23(21)11-13-29(30,31)32/h6-11,20-21,24H,5,12-19,33H2,1-4H3/b23-11+/t20?,21?,24-,27?,28?/m0/s1. The molecule has 3 fully saturated rings. The monoisotopic (exact) mass is 490 g/mol. The Hall–Kier alpha value is -1.82. The van der Waals surface area contributed by atoms with Crippen molar-refractivity contribution in [1.29, 1.82) is 0 Å². The first-order chi connectivity index (χ1) is 16.3. The number of fused-ring (bicyclic) bond motifs is 2. The molecule has 0 radical (unpaired) electrons. The molecule has 1 aromatic rings. The lowest BCUT2D eigenvalue weighted by atomic mass is 9.48. The maximum atomic E-state index is 14.3. The number of halogens is 3. The second-order valence-electron chi connectivity index (χ2n) is 12.3. The molecular weight excluding hydrogens is 449 g/mol. The van der Waals surface area contributed by atoms with Gasteiger partial charge in [-0.25, -0.2) is 0 Å². The van der Waals surface area contributed by atoms with E-state index in [4.69, 9.17) is 5.73 Å². The summed E-state index contributed by atoms with van der Waals surface area (Å²) in [6, 6.07) is 10.4. The Kier molecular flexibility index (Phi) is 6.93. The Morgan fingerprint density at radius 2 is 1.86 bits per heavy atom. The van der Waals surface area contributed by atoms with E-state index in [0.717, 1.165) is 31.3 Å². The number of carbonyl (C=O) groups is 1. The van der Waals surface area contributed by atoms with Crippen molar-refractivity contribution in [2.24, 2.45) is 28.4 Å². The summed E-state index contributed by atoms with van der Waals surface area (Å²) >= 11 is 0. The second-order valence-corrected chi connectivity index (χ2v) is 12.3. The molecule has 2 N–H and O–H groups in total. The zero-order chi connectivity index (χ0) is 25.6. The number of amides is 1. The van der Waals surface area contributed by atoms with Gasteiger partial charge in [0.2, 0.25) is 5.91 Å². The molecule has 0 spiro atoms. The largest absolute Gasteiger partial charge is 0.392 e. The van der Waals surface area contributed by atoms with E-state index < -0.39 is 18.0 Å². The van der Waals surface area contributed by atoms with Gasteiger partial charge < -0.3 is 10.6 Å². The molecule has 194 valence electrons. The lowest BCUT2D eigenvalue weighted by molar-refractivity contribution is -0.152. The number of carbonyl (C=O) groups excluding carboxylic acids is 1. The summed E-state index contributed by atoms with van der Waals surface area (Å²) in [5.41, 5.74) is 7.55. The van der Waals surface area contributed by atoms with Gasteiger partial charge in [-0.05, 0) is 66.8 Å². The summed E-state index contributed by atoms with van der Waals surface area (Å²) in [6.45, 7) is 9.68. The van der Waals surface area contributed by atoms with Crippen molar-refractivity contribution < 1.29 is 18.0 Å². The summed E-state index contributed by atoms with van der Waals surface area (Å²) in [7, 11) is 0. The van der Waals surface area contributed by atoms with Crippen LogP contribution in [-0.4, -0.2) is 36.1 Å². The minimum Gasteiger partial charge on any atom is -0.342 e. The molecule has 1 heterocycles. The number of alkyl halides is 3. The molecule has 1 amide bonds. The van der Waals surface area contributed by atoms with Gasteiger partial charge in [0.15, 0.2) is 0 Å². The number of hydrogen-bond donors (Lipinski definition) is 1. The summed E-state index contributed by atoms with van der Waals surface area (Å²) < 4.78 is 39.5. The Morgan fingerprint density at radius 1 is 1.17 bits per heavy atom. The normalized spacial score (nSPS) is 36.3. The number of rotatable bonds is 4. The van der Waals surface area contributed by atoms with Gasteiger partial charge >= 0.3 is 6.18 Å². The Labute approximate surface area is 208 Å². The van der Waals surface area contributed by atoms with Gasteiger partial charge in [-0.3, -0.25) is 4.79 Å². The molecule has 35 heavy (non-hydrogen) atoms. The number of benzene rings is 1. The molecule has 3 nitrogen and oxygen atoms in total. The first kappa shape index (κ1) is 26.2. The minimum atomic E-state index is -4.22. The number of allylic oxidation sites excluding steroid dienone is 2. The maximum absolute atomic E-state index is 14.3. The van der Waals surface area contributed by atoms with E-state index in [1.165, 1.54) is 11.6 Å². The van der Waals surface area contributed by atoms with Gasteiger partial charge in [-0.15, -0.1) is 0 Å². The molecule has 2 saturated carbocycles. The van der Waals surface area contributed by atoms with Crippen LogP contribution in [0.15, 0.2) is 42.0 Å². The number of hydrogen-bond acceptors (Lipinski definition) is 2. The van der Waals surface area contributed by atoms with Crippen molar-refractivity contribution in [3.63, 3.8) is 0 Å². The van der Waals surface area contributed by atoms with E-state index >= 15 is 0 Å². The van der Waals surface area contributed by atoms with Crippen LogP contribution in [0.5, 0.6) is 0 Å². The Morgan fingerprint density at radius 3 is 2.46 bits per heavy atom. The smallest absolute Gasteiger partial charge is 0.342 e. The van der Waals surface area contributed by atoms with E-state index in [0.29, 0.717) is 25.9 Å². The van der Waals surface area contributed by atoms with Crippen molar-refractivity contribution >= 4 is 5.91 Å². The van der Waals surface area contributed by atoms with Crippen molar-refractivity contribution in [3.8, 4) is 0 Å². The molecule has 4 rings (SSSR count). The fourth-order valence-electron chi connectivity index (χ4n) is 7.50. The second kappa shape index (κ2) is 9.24. The lowest BCUT2D eigenvalue weighted by Gasteiger charge is -2.57. The van der Waals surface area contributed by atoms with E-state index in [9.17, 15) is 18.0 Å². The highest BCUT2D eigenvalue weighted by Gasteiger charge is 2.57. The van der Waals surface area contributed by atoms with Crippen molar-refractivity contribution in [3.05, 3.63) is 47.5 Å². The topological polar surface area (TPSA) is 46.3 Å². The quantitative estimate of drug-likeness (QED) is 0.482. The van der Waals surface area contributed by atoms with E-state index in [1.54, 1.807) is 0 Å². The molecule has 2 aliphatic carbocycles. The van der Waals surface area contributed by atoms with Gasteiger partial charge in [0.1, 0.15) is 0 Å². The molecule has 0 aromatic heterocycles. The van der Waals surface area contributed by atoms with Gasteiger partial charge in [0.05, 0.1) is 11.8 Å². The Balaban J connectivity index is 1.74. The van der Waals surface area contributed by atoms with E-state index in [1.807, 2.05) is 23.1 Å². The predicted octanol–water partition coefficient (Wildman–Crippen LogP) is 6.63. The third kappa shape index (κ3) is 5.05. The van der Waals surface area contributed by atoms with Crippen molar-refractivity contribution in [1.82, 2.24) is 4.90 Å². The minimum absolute atomic E-state index is 0.0148. The molecule has 6 heteroatoms. The fraction of sp³-hybridized carbons (Fsp3) is 0.690. The molecule has 4 unspecified atom stereocenters. The lowest BCUT2D eigenvalue weighted by Crippen LogP contribution is -2.59. The highest BCUT2D eigenvalue weighted by Crippen LogP contribution is 2.61. The number of likely N-dealkylation sites (tertiary alicyclic amines) is 1. The van der Waals surface area contributed by atoms with Crippen molar-refractivity contribution in [2.45, 2.75) is 90.3 Å². The third-order valence-electron chi connectivity index (χ3n) is 9.37. The van der Waals surface area contributed by atoms with E-state index in [2.05, 4.69) is 39.8 Å². The maximum Gasteiger partial charge on any atom is 0.392 e. The van der Waals surface area contributed by atoms with Crippen molar-refractivity contribution in [2.75, 3.05) is 13.1 Å². The number of piperidine rings is 1. The fourth-order valence-corrected chi connectivity index (χ4v) is 7.50. The molecule has 5 atom stereocenters. The highest BCUT2D eigenvalue weighted by atomic mass is 19.4. The van der Waals surface area contributed by atoms with E-state index in [-0.39, 0.29) is 34.6 Å². The van der Waals surface area contributed by atoms with Crippen LogP contribution in [0.2, 0.25) is 0 Å². The van der Waals surface area contributed by atoms with Crippen LogP contribution in [0.1, 0.15) is 78.2 Å². The molecule has 2 bridgehead atoms. The SMILES string of the molecule is CCC1(C(=O)N2CC[C@H](N)C(C)(C)C2)CC2CC(c3ccccc3)(CC(C)/C2=C\CC(F)(F)F)C1. The highest BCUT2D eigenvalue weighted by molar-refractivity contribution is 5.83. The van der Waals surface area contributed by atoms with Gasteiger partial charge in [-0.1, -0.05) is 69.7 Å². The summed E-state index contributed by atoms with van der Waals surface area (Å²) in [5, 5.41) is 0. The van der Waals surface area contributed by atoms with Gasteiger partial charge in [0, 0.05) is 19.1 Å². The first-order valence-corrected chi connectivity index (χ1v) is 13.2. The van der Waals surface area contributed by atoms with Crippen LogP contribution >= 0.6 is 0 Å². The molecule has 1 aliphatic heterocycles. The van der Waals surface area contributed by atoms with Gasteiger partial charge in [-0.2, -0.15) is 13.2 Å². The number of nitrogens with two attached hydrogens (primary N) is 1. The third-order valence-corrected chi connectivity index (χ3v) is 9.37. The van der Waals surface area contributed by atoms with Crippen LogP contribution in [0.25, 0.3) is 0 Å². The van der Waals surface area contributed by atoms with Crippen LogP contribution in [-0.2, 0) is 10.2 Å². The molecule has 3 aliphatic rings. The van der Waals surface area contributed by atoms with Crippen LogP contribution in [0.3, 0.4) is 0 Å². The average molecular weight is 491 g/mol. The average Bonchev–Trinajstić information content (AvgIpc) is 2.79. The Bertz CT molecular complexity index is 952. The predicted molar refractivity (Wildman–Crippen MR) is 134 cm³/mol. The first-order valence-electron chi connectivity index (χ1n) is 13.2. The summed E-state index contributed by atoms with van der Waals surface area (Å²) in [5.74, 6) is 0.224. The zero-order valence-electron chi connectivity index (χ0n) is 21.6. The van der Waals surface area contributed by atoms with Crippen LogP contribution in [0, 0.1) is 22.7 Å². The molecule has 1 saturated heterocycles. The summed E-state index contributed by atoms with van der Waals surface area (Å²) in [6.07, 6.45) is 0.782. The number of nitrogens with zero attached hydrogens (tertiary/aromatic N) is 1. The molecule has 1 aromatic carbocycles.